The maximum atomic E-state index is 12.4. The molecule has 0 atom stereocenters. The second-order valence-electron chi connectivity index (χ2n) is 4.38. The minimum absolute atomic E-state index is 0.551. The average molecular weight is 253 g/mol. The molecule has 18 heavy (non-hydrogen) atoms. The lowest BCUT2D eigenvalue weighted by Crippen LogP contribution is -2.08. The van der Waals surface area contributed by atoms with Gasteiger partial charge < -0.3 is 0 Å². The Morgan fingerprint density at radius 2 is 2.00 bits per heavy atom. The van der Waals surface area contributed by atoms with Gasteiger partial charge in [0.1, 0.15) is 6.33 Å². The fourth-order valence-corrected chi connectivity index (χ4v) is 1.86. The largest absolute Gasteiger partial charge is 0.453 e. The summed E-state index contributed by atoms with van der Waals surface area (Å²) in [6.07, 6.45) is -1.11. The first-order chi connectivity index (χ1) is 8.54. The molecule has 3 nitrogen and oxygen atoms in total. The highest BCUT2D eigenvalue weighted by Gasteiger charge is 2.35. The van der Waals surface area contributed by atoms with Gasteiger partial charge in [0.25, 0.3) is 5.82 Å². The smallest absolute Gasteiger partial charge is 0.220 e. The van der Waals surface area contributed by atoms with Crippen molar-refractivity contribution in [2.45, 2.75) is 24.9 Å². The zero-order valence-corrected chi connectivity index (χ0v) is 9.35. The number of nitrogens with zero attached hydrogens (tertiary/aromatic N) is 3. The van der Waals surface area contributed by atoms with Gasteiger partial charge in [0.2, 0.25) is 0 Å². The molecule has 0 radical (unpaired) electrons. The molecular weight excluding hydrogens is 243 g/mol. The minimum atomic E-state index is -4.50. The molecule has 1 aromatic carbocycles. The van der Waals surface area contributed by atoms with Crippen molar-refractivity contribution in [3.8, 4) is 5.69 Å². The van der Waals surface area contributed by atoms with E-state index >= 15 is 0 Å². The predicted octanol–water partition coefficient (Wildman–Crippen LogP) is 3.16. The summed E-state index contributed by atoms with van der Waals surface area (Å²) < 4.78 is 38.3. The second-order valence-corrected chi connectivity index (χ2v) is 4.38. The number of halogens is 3. The molecule has 1 saturated carbocycles. The van der Waals surface area contributed by atoms with E-state index in [0.29, 0.717) is 11.6 Å². The Bertz CT molecular complexity index is 570. The molecule has 0 N–H and O–H groups in total. The van der Waals surface area contributed by atoms with Crippen LogP contribution in [0.2, 0.25) is 0 Å². The molecule has 1 aliphatic rings. The monoisotopic (exact) mass is 253 g/mol. The van der Waals surface area contributed by atoms with E-state index in [4.69, 9.17) is 0 Å². The maximum Gasteiger partial charge on any atom is 0.453 e. The zero-order valence-electron chi connectivity index (χ0n) is 9.35. The zero-order chi connectivity index (χ0) is 12.8. The van der Waals surface area contributed by atoms with Gasteiger partial charge in [-0.05, 0) is 36.5 Å². The van der Waals surface area contributed by atoms with Crippen LogP contribution in [0.5, 0.6) is 0 Å². The topological polar surface area (TPSA) is 30.7 Å². The van der Waals surface area contributed by atoms with E-state index in [0.717, 1.165) is 29.4 Å². The number of aromatic nitrogens is 3. The van der Waals surface area contributed by atoms with E-state index in [-0.39, 0.29) is 0 Å². The number of alkyl halides is 3. The van der Waals surface area contributed by atoms with E-state index in [1.54, 1.807) is 6.07 Å². The summed E-state index contributed by atoms with van der Waals surface area (Å²) in [4.78, 5) is 3.28. The highest BCUT2D eigenvalue weighted by atomic mass is 19.4. The van der Waals surface area contributed by atoms with E-state index in [1.807, 2.05) is 18.2 Å². The minimum Gasteiger partial charge on any atom is -0.220 e. The molecule has 0 spiro atoms. The van der Waals surface area contributed by atoms with Crippen molar-refractivity contribution in [2.75, 3.05) is 0 Å². The van der Waals surface area contributed by atoms with Crippen LogP contribution in [-0.2, 0) is 6.18 Å². The molecule has 3 rings (SSSR count). The van der Waals surface area contributed by atoms with Gasteiger partial charge in [-0.3, -0.25) is 0 Å². The van der Waals surface area contributed by atoms with Crippen molar-refractivity contribution in [3.05, 3.63) is 42.0 Å². The van der Waals surface area contributed by atoms with Crippen LogP contribution in [0.15, 0.2) is 30.6 Å². The van der Waals surface area contributed by atoms with Gasteiger partial charge in [-0.2, -0.15) is 13.2 Å². The standard InChI is InChI=1S/C12H10F3N3/c13-12(14,15)11-16-7-18(17-11)10-3-1-2-9(6-10)8-4-5-8/h1-3,6-8H,4-5H2. The third-order valence-electron chi connectivity index (χ3n) is 2.93. The average Bonchev–Trinajstić information content (AvgIpc) is 3.04. The van der Waals surface area contributed by atoms with Crippen molar-refractivity contribution < 1.29 is 13.2 Å². The van der Waals surface area contributed by atoms with Gasteiger partial charge >= 0.3 is 6.18 Å². The predicted molar refractivity (Wildman–Crippen MR) is 58.3 cm³/mol. The summed E-state index contributed by atoms with van der Waals surface area (Å²) in [7, 11) is 0. The quantitative estimate of drug-likeness (QED) is 0.823. The molecule has 0 bridgehead atoms. The van der Waals surface area contributed by atoms with E-state index < -0.39 is 12.0 Å². The molecule has 94 valence electrons. The molecule has 1 aliphatic carbocycles. The van der Waals surface area contributed by atoms with Gasteiger partial charge in [-0.15, -0.1) is 5.10 Å². The van der Waals surface area contributed by atoms with Crippen LogP contribution >= 0.6 is 0 Å². The van der Waals surface area contributed by atoms with Gasteiger partial charge in [0, 0.05) is 0 Å². The Labute approximate surface area is 101 Å². The number of hydrogen-bond acceptors (Lipinski definition) is 2. The van der Waals surface area contributed by atoms with E-state index in [1.165, 1.54) is 0 Å². The summed E-state index contributed by atoms with van der Waals surface area (Å²) >= 11 is 0. The van der Waals surface area contributed by atoms with Crippen molar-refractivity contribution in [2.24, 2.45) is 0 Å². The Morgan fingerprint density at radius 1 is 1.22 bits per heavy atom. The number of hydrogen-bond donors (Lipinski definition) is 0. The number of benzene rings is 1. The molecule has 1 heterocycles. The summed E-state index contributed by atoms with van der Waals surface area (Å²) in [6, 6.07) is 7.41. The second kappa shape index (κ2) is 3.83. The van der Waals surface area contributed by atoms with E-state index in [2.05, 4.69) is 10.1 Å². The SMILES string of the molecule is FC(F)(F)c1ncn(-c2cccc(C3CC3)c2)n1. The molecule has 0 unspecified atom stereocenters. The maximum absolute atomic E-state index is 12.4. The first kappa shape index (κ1) is 11.3. The third kappa shape index (κ3) is 2.10. The van der Waals surface area contributed by atoms with Crippen LogP contribution < -0.4 is 0 Å². The Kier molecular flexibility index (Phi) is 2.39. The fourth-order valence-electron chi connectivity index (χ4n) is 1.86. The number of rotatable bonds is 2. The molecule has 1 fully saturated rings. The van der Waals surface area contributed by atoms with Crippen LogP contribution in [0.25, 0.3) is 5.69 Å². The van der Waals surface area contributed by atoms with Crippen LogP contribution in [0.3, 0.4) is 0 Å². The van der Waals surface area contributed by atoms with Gasteiger partial charge in [0.15, 0.2) is 0 Å². The molecular formula is C12H10F3N3. The Hall–Kier alpha value is -1.85. The summed E-state index contributed by atoms with van der Waals surface area (Å²) in [6.45, 7) is 0. The van der Waals surface area contributed by atoms with Crippen molar-refractivity contribution >= 4 is 0 Å². The lowest BCUT2D eigenvalue weighted by Gasteiger charge is -2.04. The molecule has 0 aliphatic heterocycles. The molecule has 1 aromatic heterocycles. The Morgan fingerprint density at radius 3 is 2.61 bits per heavy atom. The molecule has 6 heteroatoms. The van der Waals surface area contributed by atoms with Gasteiger partial charge in [0.05, 0.1) is 5.69 Å². The van der Waals surface area contributed by atoms with Gasteiger partial charge in [-0.25, -0.2) is 9.67 Å². The fraction of sp³-hybridized carbons (Fsp3) is 0.333. The van der Waals surface area contributed by atoms with Crippen molar-refractivity contribution in [1.29, 1.82) is 0 Å². The summed E-state index contributed by atoms with van der Waals surface area (Å²) in [5, 5.41) is 3.45. The first-order valence-electron chi connectivity index (χ1n) is 5.63. The van der Waals surface area contributed by atoms with Crippen LogP contribution in [0.4, 0.5) is 13.2 Å². The van der Waals surface area contributed by atoms with E-state index in [9.17, 15) is 13.2 Å². The van der Waals surface area contributed by atoms with Crippen LogP contribution in [0.1, 0.15) is 30.1 Å². The molecule has 0 amide bonds. The Balaban J connectivity index is 1.94. The van der Waals surface area contributed by atoms with Gasteiger partial charge in [-0.1, -0.05) is 12.1 Å². The summed E-state index contributed by atoms with van der Waals surface area (Å²) in [5.41, 5.74) is 1.76. The highest BCUT2D eigenvalue weighted by molar-refractivity contribution is 5.37. The van der Waals surface area contributed by atoms with Crippen molar-refractivity contribution in [1.82, 2.24) is 14.8 Å². The molecule has 0 saturated heterocycles. The van der Waals surface area contributed by atoms with Crippen molar-refractivity contribution in [3.63, 3.8) is 0 Å². The lowest BCUT2D eigenvalue weighted by molar-refractivity contribution is -0.144. The molecule has 2 aromatic rings. The highest BCUT2D eigenvalue weighted by Crippen LogP contribution is 2.40. The van der Waals surface area contributed by atoms with Crippen LogP contribution in [-0.4, -0.2) is 14.8 Å². The third-order valence-corrected chi connectivity index (χ3v) is 2.93. The normalized spacial score (nSPS) is 15.9. The lowest BCUT2D eigenvalue weighted by atomic mass is 10.1. The van der Waals surface area contributed by atoms with Crippen LogP contribution in [0, 0.1) is 0 Å². The summed E-state index contributed by atoms with van der Waals surface area (Å²) in [5.74, 6) is -0.560. The first-order valence-corrected chi connectivity index (χ1v) is 5.63.